The molecule has 0 saturated carbocycles. The summed E-state index contributed by atoms with van der Waals surface area (Å²) >= 11 is 0. The van der Waals surface area contributed by atoms with Gasteiger partial charge in [-0.3, -0.25) is 4.79 Å². The second-order valence-electron chi connectivity index (χ2n) is 3.98. The average Bonchev–Trinajstić information content (AvgIpc) is 2.38. The molecule has 18 heavy (non-hydrogen) atoms. The number of pyridine rings is 1. The van der Waals surface area contributed by atoms with Crippen LogP contribution in [0.2, 0.25) is 0 Å². The highest BCUT2D eigenvalue weighted by atomic mass is 16.5. The van der Waals surface area contributed by atoms with Crippen molar-refractivity contribution in [2.75, 3.05) is 18.5 Å². The maximum absolute atomic E-state index is 11.7. The maximum atomic E-state index is 11.7. The summed E-state index contributed by atoms with van der Waals surface area (Å²) in [6, 6.07) is 3.35. The van der Waals surface area contributed by atoms with Crippen molar-refractivity contribution in [2.24, 2.45) is 0 Å². The van der Waals surface area contributed by atoms with Crippen LogP contribution < -0.4 is 15.4 Å². The standard InChI is InChI=1S/C13H21N3O2/c1-4-8-14-13(17)10(3)16-11-6-7-12(15-9-11)18-5-2/h6-7,9-10,16H,4-5,8H2,1-3H3,(H,14,17). The molecule has 0 aliphatic rings. The van der Waals surface area contributed by atoms with Crippen LogP contribution in [0, 0.1) is 0 Å². The van der Waals surface area contributed by atoms with Crippen molar-refractivity contribution in [3.8, 4) is 5.88 Å². The van der Waals surface area contributed by atoms with Gasteiger partial charge in [0, 0.05) is 12.6 Å². The van der Waals surface area contributed by atoms with E-state index in [4.69, 9.17) is 4.74 Å². The maximum Gasteiger partial charge on any atom is 0.242 e. The molecule has 0 aromatic carbocycles. The van der Waals surface area contributed by atoms with Gasteiger partial charge >= 0.3 is 0 Å². The van der Waals surface area contributed by atoms with Gasteiger partial charge in [0.1, 0.15) is 6.04 Å². The summed E-state index contributed by atoms with van der Waals surface area (Å²) in [7, 11) is 0. The van der Waals surface area contributed by atoms with Gasteiger partial charge in [-0.1, -0.05) is 6.92 Å². The fourth-order valence-electron chi connectivity index (χ4n) is 1.42. The number of carbonyl (C=O) groups is 1. The smallest absolute Gasteiger partial charge is 0.242 e. The first-order valence-electron chi connectivity index (χ1n) is 6.30. The van der Waals surface area contributed by atoms with Crippen molar-refractivity contribution >= 4 is 11.6 Å². The molecule has 0 aliphatic carbocycles. The molecule has 0 spiro atoms. The van der Waals surface area contributed by atoms with Crippen LogP contribution in [0.15, 0.2) is 18.3 Å². The van der Waals surface area contributed by atoms with E-state index in [1.54, 1.807) is 12.3 Å². The zero-order valence-corrected chi connectivity index (χ0v) is 11.2. The van der Waals surface area contributed by atoms with E-state index in [1.807, 2.05) is 26.8 Å². The van der Waals surface area contributed by atoms with Gasteiger partial charge in [0.2, 0.25) is 11.8 Å². The molecule has 0 saturated heterocycles. The molecule has 1 amide bonds. The first-order valence-corrected chi connectivity index (χ1v) is 6.30. The lowest BCUT2D eigenvalue weighted by atomic mass is 10.3. The average molecular weight is 251 g/mol. The third kappa shape index (κ3) is 4.61. The summed E-state index contributed by atoms with van der Waals surface area (Å²) in [4.78, 5) is 15.8. The van der Waals surface area contributed by atoms with Crippen molar-refractivity contribution in [1.82, 2.24) is 10.3 Å². The Morgan fingerprint density at radius 1 is 1.44 bits per heavy atom. The molecule has 100 valence electrons. The Morgan fingerprint density at radius 3 is 2.78 bits per heavy atom. The van der Waals surface area contributed by atoms with Crippen LogP contribution in [0.3, 0.4) is 0 Å². The molecule has 0 radical (unpaired) electrons. The first kappa shape index (κ1) is 14.3. The molecule has 5 heteroatoms. The predicted octanol–water partition coefficient (Wildman–Crippen LogP) is 1.81. The van der Waals surface area contributed by atoms with Gasteiger partial charge < -0.3 is 15.4 Å². The summed E-state index contributed by atoms with van der Waals surface area (Å²) < 4.78 is 5.25. The van der Waals surface area contributed by atoms with E-state index in [9.17, 15) is 4.79 Å². The lowest BCUT2D eigenvalue weighted by Gasteiger charge is -2.14. The molecule has 5 nitrogen and oxygen atoms in total. The van der Waals surface area contributed by atoms with E-state index in [1.165, 1.54) is 0 Å². The highest BCUT2D eigenvalue weighted by Crippen LogP contribution is 2.12. The zero-order chi connectivity index (χ0) is 13.4. The minimum Gasteiger partial charge on any atom is -0.478 e. The summed E-state index contributed by atoms with van der Waals surface area (Å²) in [6.45, 7) is 7.05. The van der Waals surface area contributed by atoms with Crippen molar-refractivity contribution in [2.45, 2.75) is 33.2 Å². The van der Waals surface area contributed by atoms with Crippen molar-refractivity contribution in [1.29, 1.82) is 0 Å². The van der Waals surface area contributed by atoms with Crippen molar-refractivity contribution < 1.29 is 9.53 Å². The molecule has 0 bridgehead atoms. The van der Waals surface area contributed by atoms with Gasteiger partial charge in [-0.2, -0.15) is 0 Å². The lowest BCUT2D eigenvalue weighted by molar-refractivity contribution is -0.121. The Bertz CT molecular complexity index is 365. The molecule has 1 heterocycles. The number of nitrogens with one attached hydrogen (secondary N) is 2. The normalized spacial score (nSPS) is 11.7. The van der Waals surface area contributed by atoms with Gasteiger partial charge in [0.15, 0.2) is 0 Å². The number of amides is 1. The van der Waals surface area contributed by atoms with E-state index >= 15 is 0 Å². The van der Waals surface area contributed by atoms with E-state index in [0.717, 1.165) is 12.1 Å². The Balaban J connectivity index is 2.48. The van der Waals surface area contributed by atoms with E-state index in [0.29, 0.717) is 19.0 Å². The molecular formula is C13H21N3O2. The molecule has 1 rings (SSSR count). The van der Waals surface area contributed by atoms with Crippen LogP contribution in [0.1, 0.15) is 27.2 Å². The highest BCUT2D eigenvalue weighted by Gasteiger charge is 2.11. The number of ether oxygens (including phenoxy) is 1. The molecule has 1 atom stereocenters. The van der Waals surface area contributed by atoms with Gasteiger partial charge in [-0.25, -0.2) is 4.98 Å². The van der Waals surface area contributed by atoms with E-state index in [-0.39, 0.29) is 11.9 Å². The van der Waals surface area contributed by atoms with E-state index < -0.39 is 0 Å². The first-order chi connectivity index (χ1) is 8.67. The van der Waals surface area contributed by atoms with Gasteiger partial charge in [-0.15, -0.1) is 0 Å². The fourth-order valence-corrected chi connectivity index (χ4v) is 1.42. The second kappa shape index (κ2) is 7.53. The molecule has 1 unspecified atom stereocenters. The molecule has 0 fully saturated rings. The number of aromatic nitrogens is 1. The topological polar surface area (TPSA) is 63.2 Å². The molecule has 1 aromatic rings. The van der Waals surface area contributed by atoms with Crippen LogP contribution in [0.5, 0.6) is 5.88 Å². The summed E-state index contributed by atoms with van der Waals surface area (Å²) in [5.41, 5.74) is 0.803. The Kier molecular flexibility index (Phi) is 5.97. The molecule has 1 aromatic heterocycles. The Hall–Kier alpha value is -1.78. The van der Waals surface area contributed by atoms with Crippen LogP contribution in [-0.4, -0.2) is 30.1 Å². The van der Waals surface area contributed by atoms with Crippen molar-refractivity contribution in [3.05, 3.63) is 18.3 Å². The van der Waals surface area contributed by atoms with Gasteiger partial charge in [0.05, 0.1) is 18.5 Å². The van der Waals surface area contributed by atoms with Crippen LogP contribution >= 0.6 is 0 Å². The minimum absolute atomic E-state index is 0.00858. The van der Waals surface area contributed by atoms with Crippen LogP contribution in [0.4, 0.5) is 5.69 Å². The zero-order valence-electron chi connectivity index (χ0n) is 11.2. The summed E-state index contributed by atoms with van der Waals surface area (Å²) in [5, 5.41) is 5.93. The largest absolute Gasteiger partial charge is 0.478 e. The Labute approximate surface area is 108 Å². The predicted molar refractivity (Wildman–Crippen MR) is 71.8 cm³/mol. The number of anilines is 1. The number of rotatable bonds is 7. The third-order valence-corrected chi connectivity index (χ3v) is 2.35. The van der Waals surface area contributed by atoms with Gasteiger partial charge in [0.25, 0.3) is 0 Å². The second-order valence-corrected chi connectivity index (χ2v) is 3.98. The fraction of sp³-hybridized carbons (Fsp3) is 0.538. The van der Waals surface area contributed by atoms with E-state index in [2.05, 4.69) is 15.6 Å². The summed E-state index contributed by atoms with van der Waals surface area (Å²) in [6.07, 6.45) is 2.59. The number of carbonyl (C=O) groups excluding carboxylic acids is 1. The quantitative estimate of drug-likeness (QED) is 0.775. The third-order valence-electron chi connectivity index (χ3n) is 2.35. The van der Waals surface area contributed by atoms with Crippen molar-refractivity contribution in [3.63, 3.8) is 0 Å². The number of nitrogens with zero attached hydrogens (tertiary/aromatic N) is 1. The monoisotopic (exact) mass is 251 g/mol. The minimum atomic E-state index is -0.281. The molecule has 2 N–H and O–H groups in total. The van der Waals surface area contributed by atoms with Gasteiger partial charge in [-0.05, 0) is 26.3 Å². The molecule has 0 aliphatic heterocycles. The number of hydrogen-bond acceptors (Lipinski definition) is 4. The van der Waals surface area contributed by atoms with Crippen LogP contribution in [0.25, 0.3) is 0 Å². The number of hydrogen-bond donors (Lipinski definition) is 2. The summed E-state index contributed by atoms with van der Waals surface area (Å²) in [5.74, 6) is 0.580. The molecular weight excluding hydrogens is 230 g/mol. The van der Waals surface area contributed by atoms with Crippen LogP contribution in [-0.2, 0) is 4.79 Å². The SMILES string of the molecule is CCCNC(=O)C(C)Nc1ccc(OCC)nc1. The Morgan fingerprint density at radius 2 is 2.22 bits per heavy atom. The lowest BCUT2D eigenvalue weighted by Crippen LogP contribution is -2.37. The highest BCUT2D eigenvalue weighted by molar-refractivity contribution is 5.84.